The van der Waals surface area contributed by atoms with Gasteiger partial charge in [0.2, 0.25) is 0 Å². The summed E-state index contributed by atoms with van der Waals surface area (Å²) in [7, 11) is 0. The first-order valence-corrected chi connectivity index (χ1v) is 9.68. The van der Waals surface area contributed by atoms with Crippen molar-refractivity contribution in [2.24, 2.45) is 0 Å². The Hall–Kier alpha value is -1.63. The molecule has 25 heavy (non-hydrogen) atoms. The quantitative estimate of drug-likeness (QED) is 0.483. The lowest BCUT2D eigenvalue weighted by Gasteiger charge is -2.18. The third-order valence-electron chi connectivity index (χ3n) is 5.43. The molecular weight excluding hydrogens is 307 g/mol. The van der Waals surface area contributed by atoms with Crippen molar-refractivity contribution in [2.75, 3.05) is 0 Å². The molecule has 0 fully saturated rings. The second-order valence-electron chi connectivity index (χ2n) is 8.14. The van der Waals surface area contributed by atoms with Gasteiger partial charge in [0, 0.05) is 0 Å². The zero-order valence-corrected chi connectivity index (χ0v) is 16.6. The standard InChI is InChI=1S/C24H33F/c1-16(2)20-9-11-21(12-10-20)18(5)7-8-19(6)23-14-13-22(17(3)4)15-24(23)25/h9-19H,7-8H2,1-6H3. The second-order valence-corrected chi connectivity index (χ2v) is 8.14. The zero-order valence-electron chi connectivity index (χ0n) is 16.6. The molecule has 0 aliphatic rings. The molecule has 0 radical (unpaired) electrons. The molecule has 2 unspecified atom stereocenters. The normalized spacial score (nSPS) is 14.1. The molecule has 2 rings (SSSR count). The predicted molar refractivity (Wildman–Crippen MR) is 107 cm³/mol. The van der Waals surface area contributed by atoms with Crippen LogP contribution in [-0.2, 0) is 0 Å². The summed E-state index contributed by atoms with van der Waals surface area (Å²) in [6, 6.07) is 14.8. The monoisotopic (exact) mass is 340 g/mol. The third-order valence-corrected chi connectivity index (χ3v) is 5.43. The maximum absolute atomic E-state index is 14.4. The zero-order chi connectivity index (χ0) is 18.6. The first kappa shape index (κ1) is 19.7. The fourth-order valence-electron chi connectivity index (χ4n) is 3.33. The first-order valence-electron chi connectivity index (χ1n) is 9.68. The minimum absolute atomic E-state index is 0.0485. The number of hydrogen-bond donors (Lipinski definition) is 0. The van der Waals surface area contributed by atoms with E-state index in [9.17, 15) is 4.39 Å². The number of benzene rings is 2. The maximum Gasteiger partial charge on any atom is 0.126 e. The van der Waals surface area contributed by atoms with Crippen molar-refractivity contribution in [3.63, 3.8) is 0 Å². The molecule has 0 aliphatic carbocycles. The highest BCUT2D eigenvalue weighted by Gasteiger charge is 2.15. The summed E-state index contributed by atoms with van der Waals surface area (Å²) in [5, 5.41) is 0. The fraction of sp³-hybridized carbons (Fsp3) is 0.500. The van der Waals surface area contributed by atoms with Crippen molar-refractivity contribution < 1.29 is 4.39 Å². The van der Waals surface area contributed by atoms with Crippen LogP contribution >= 0.6 is 0 Å². The summed E-state index contributed by atoms with van der Waals surface area (Å²) in [6.45, 7) is 13.1. The van der Waals surface area contributed by atoms with Crippen LogP contribution in [0.3, 0.4) is 0 Å². The van der Waals surface area contributed by atoms with Gasteiger partial charge < -0.3 is 0 Å². The molecule has 0 N–H and O–H groups in total. The van der Waals surface area contributed by atoms with Crippen LogP contribution in [0.15, 0.2) is 42.5 Å². The van der Waals surface area contributed by atoms with E-state index in [1.54, 1.807) is 6.07 Å². The van der Waals surface area contributed by atoms with Crippen LogP contribution in [0.5, 0.6) is 0 Å². The van der Waals surface area contributed by atoms with E-state index in [0.717, 1.165) is 24.0 Å². The van der Waals surface area contributed by atoms with Crippen LogP contribution in [0.2, 0.25) is 0 Å². The van der Waals surface area contributed by atoms with Gasteiger partial charge in [0.05, 0.1) is 0 Å². The molecule has 0 bridgehead atoms. The lowest BCUT2D eigenvalue weighted by Crippen LogP contribution is -2.02. The molecule has 0 amide bonds. The Bertz CT molecular complexity index is 667. The summed E-state index contributed by atoms with van der Waals surface area (Å²) in [5.41, 5.74) is 4.70. The number of halogens is 1. The Balaban J connectivity index is 1.98. The average molecular weight is 341 g/mol. The topological polar surface area (TPSA) is 0 Å². The summed E-state index contributed by atoms with van der Waals surface area (Å²) in [4.78, 5) is 0. The molecule has 0 saturated heterocycles. The van der Waals surface area contributed by atoms with Crippen molar-refractivity contribution in [2.45, 2.75) is 78.1 Å². The van der Waals surface area contributed by atoms with Crippen LogP contribution in [0, 0.1) is 5.82 Å². The van der Waals surface area contributed by atoms with Crippen LogP contribution < -0.4 is 0 Å². The molecule has 2 aromatic carbocycles. The highest BCUT2D eigenvalue weighted by Crippen LogP contribution is 2.30. The van der Waals surface area contributed by atoms with Gasteiger partial charge in [-0.3, -0.25) is 0 Å². The smallest absolute Gasteiger partial charge is 0.126 e. The van der Waals surface area contributed by atoms with E-state index >= 15 is 0 Å². The van der Waals surface area contributed by atoms with Crippen molar-refractivity contribution in [3.8, 4) is 0 Å². The largest absolute Gasteiger partial charge is 0.207 e. The molecule has 2 atom stereocenters. The van der Waals surface area contributed by atoms with Gasteiger partial charge in [-0.05, 0) is 64.8 Å². The summed E-state index contributed by atoms with van der Waals surface area (Å²) in [5.74, 6) is 1.64. The fourth-order valence-corrected chi connectivity index (χ4v) is 3.33. The molecule has 136 valence electrons. The second kappa shape index (κ2) is 8.65. The minimum Gasteiger partial charge on any atom is -0.207 e. The van der Waals surface area contributed by atoms with Gasteiger partial charge in [0.15, 0.2) is 0 Å². The van der Waals surface area contributed by atoms with Gasteiger partial charge in [-0.25, -0.2) is 4.39 Å². The highest BCUT2D eigenvalue weighted by atomic mass is 19.1. The van der Waals surface area contributed by atoms with E-state index in [4.69, 9.17) is 0 Å². The van der Waals surface area contributed by atoms with Crippen LogP contribution in [0.25, 0.3) is 0 Å². The average Bonchev–Trinajstić information content (AvgIpc) is 2.59. The van der Waals surface area contributed by atoms with Gasteiger partial charge in [-0.1, -0.05) is 77.9 Å². The maximum atomic E-state index is 14.4. The van der Waals surface area contributed by atoms with Gasteiger partial charge in [0.1, 0.15) is 5.82 Å². The summed E-state index contributed by atoms with van der Waals surface area (Å²) < 4.78 is 14.4. The molecule has 0 aromatic heterocycles. The van der Waals surface area contributed by atoms with E-state index in [2.05, 4.69) is 71.9 Å². The molecule has 0 heterocycles. The summed E-state index contributed by atoms with van der Waals surface area (Å²) in [6.07, 6.45) is 2.08. The molecule has 0 nitrogen and oxygen atoms in total. The Morgan fingerprint density at radius 2 is 1.12 bits per heavy atom. The Morgan fingerprint density at radius 3 is 1.64 bits per heavy atom. The van der Waals surface area contributed by atoms with Gasteiger partial charge >= 0.3 is 0 Å². The molecule has 0 saturated carbocycles. The highest BCUT2D eigenvalue weighted by molar-refractivity contribution is 5.29. The summed E-state index contributed by atoms with van der Waals surface area (Å²) >= 11 is 0. The molecular formula is C24H33F. The SMILES string of the molecule is CC(C)c1ccc(C(C)CCC(C)c2ccc(C(C)C)cc2F)cc1. The van der Waals surface area contributed by atoms with E-state index in [1.165, 1.54) is 11.1 Å². The minimum atomic E-state index is -0.0485. The predicted octanol–water partition coefficient (Wildman–Crippen LogP) is 7.76. The lowest BCUT2D eigenvalue weighted by atomic mass is 9.87. The number of rotatable bonds is 7. The lowest BCUT2D eigenvalue weighted by molar-refractivity contribution is 0.537. The van der Waals surface area contributed by atoms with Gasteiger partial charge in [-0.2, -0.15) is 0 Å². The molecule has 1 heteroatoms. The van der Waals surface area contributed by atoms with E-state index < -0.39 is 0 Å². The van der Waals surface area contributed by atoms with Crippen molar-refractivity contribution in [1.29, 1.82) is 0 Å². The molecule has 2 aromatic rings. The van der Waals surface area contributed by atoms with Crippen molar-refractivity contribution in [1.82, 2.24) is 0 Å². The molecule has 0 aliphatic heterocycles. The van der Waals surface area contributed by atoms with Crippen LogP contribution in [0.1, 0.15) is 100 Å². The van der Waals surface area contributed by atoms with Gasteiger partial charge in [0.25, 0.3) is 0 Å². The van der Waals surface area contributed by atoms with Crippen LogP contribution in [0.4, 0.5) is 4.39 Å². The Morgan fingerprint density at radius 1 is 0.640 bits per heavy atom. The van der Waals surface area contributed by atoms with Crippen LogP contribution in [-0.4, -0.2) is 0 Å². The Labute approximate surface area is 153 Å². The van der Waals surface area contributed by atoms with E-state index in [-0.39, 0.29) is 11.7 Å². The Kier molecular flexibility index (Phi) is 6.81. The van der Waals surface area contributed by atoms with E-state index in [1.807, 2.05) is 6.07 Å². The first-order chi connectivity index (χ1) is 11.8. The molecule has 0 spiro atoms. The number of hydrogen-bond acceptors (Lipinski definition) is 0. The third kappa shape index (κ3) is 5.17. The van der Waals surface area contributed by atoms with E-state index in [0.29, 0.717) is 17.8 Å². The van der Waals surface area contributed by atoms with Gasteiger partial charge in [-0.15, -0.1) is 0 Å². The van der Waals surface area contributed by atoms with Crippen molar-refractivity contribution in [3.05, 3.63) is 70.5 Å². The van der Waals surface area contributed by atoms with Crippen molar-refractivity contribution >= 4 is 0 Å².